The van der Waals surface area contributed by atoms with E-state index in [9.17, 15) is 0 Å². The van der Waals surface area contributed by atoms with E-state index in [-0.39, 0.29) is 21.1 Å². The van der Waals surface area contributed by atoms with Crippen molar-refractivity contribution in [1.82, 2.24) is 14.3 Å². The number of ether oxygens (including phenoxy) is 1. The summed E-state index contributed by atoms with van der Waals surface area (Å²) in [6.07, 6.45) is 3.89. The monoisotopic (exact) mass is 905 g/mol. The van der Waals surface area contributed by atoms with Gasteiger partial charge < -0.3 is 19.1 Å². The molecule has 0 aliphatic carbocycles. The molecule has 0 atom stereocenters. The Morgan fingerprint density at radius 1 is 0.607 bits per heavy atom. The van der Waals surface area contributed by atoms with Crippen molar-refractivity contribution in [2.75, 3.05) is 9.80 Å². The van der Waals surface area contributed by atoms with Gasteiger partial charge in [-0.1, -0.05) is 108 Å². The predicted molar refractivity (Wildman–Crippen MR) is 223 cm³/mol. The van der Waals surface area contributed by atoms with Gasteiger partial charge in [-0.3, -0.25) is 4.68 Å². The average Bonchev–Trinajstić information content (AvgIpc) is 3.94. The number of rotatable bonds is 7. The summed E-state index contributed by atoms with van der Waals surface area (Å²) >= 11 is 0. The van der Waals surface area contributed by atoms with Crippen molar-refractivity contribution in [2.45, 2.75) is 20.8 Å². The van der Waals surface area contributed by atoms with Crippen LogP contribution in [0.25, 0.3) is 44.3 Å². The molecule has 0 amide bonds. The van der Waals surface area contributed by atoms with Gasteiger partial charge >= 0.3 is 0 Å². The van der Waals surface area contributed by atoms with E-state index in [0.717, 1.165) is 61.4 Å². The molecule has 3 heterocycles. The maximum Gasteiger partial charge on any atom is 0.0571 e. The summed E-state index contributed by atoms with van der Waals surface area (Å²) in [5.41, 5.74) is 14.0. The van der Waals surface area contributed by atoms with Crippen LogP contribution in [0.15, 0.2) is 158 Å². The van der Waals surface area contributed by atoms with Crippen LogP contribution in [0, 0.1) is 39.6 Å². The fraction of sp³-hybridized carbons (Fsp3) is 0.0612. The van der Waals surface area contributed by atoms with E-state index in [1.807, 2.05) is 53.5 Å². The van der Waals surface area contributed by atoms with Gasteiger partial charge in [0.15, 0.2) is 0 Å². The van der Waals surface area contributed by atoms with Crippen LogP contribution in [0.4, 0.5) is 22.7 Å². The first-order valence-corrected chi connectivity index (χ1v) is 18.5. The minimum absolute atomic E-state index is 0. The summed E-state index contributed by atoms with van der Waals surface area (Å²) < 4.78 is 10.9. The molecule has 0 radical (unpaired) electrons. The smallest absolute Gasteiger partial charge is 0.0571 e. The minimum Gasteiger partial charge on any atom is -0.509 e. The summed E-state index contributed by atoms with van der Waals surface area (Å²) in [4.78, 5) is 4.58. The standard InChI is InChI=1S/C49H36N5O.Pt/c1-33-25-34(2)49(35(3)26-33)52-32-51(44-23-12-13-24-45(44)52)46-28-41(29-47-48(46)42-21-10-11-22-43(42)54(47)38-17-8-5-9-18-38)55-40-20-14-19-39(27-40)53-31-37(30-50-53)36-15-6-4-7-16-36;/h4-26,29-32H,1-3H3;/q-3;. The van der Waals surface area contributed by atoms with E-state index in [0.29, 0.717) is 11.5 Å². The van der Waals surface area contributed by atoms with Gasteiger partial charge in [-0.25, -0.2) is 0 Å². The maximum absolute atomic E-state index is 6.76. The Labute approximate surface area is 341 Å². The number of hydrogen-bond donors (Lipinski definition) is 0. The topological polar surface area (TPSA) is 38.5 Å². The van der Waals surface area contributed by atoms with Crippen LogP contribution in [0.5, 0.6) is 11.5 Å². The first kappa shape index (κ1) is 35.3. The first-order valence-electron chi connectivity index (χ1n) is 18.5. The van der Waals surface area contributed by atoms with Gasteiger partial charge in [0.05, 0.1) is 6.20 Å². The second kappa shape index (κ2) is 14.4. The predicted octanol–water partition coefficient (Wildman–Crippen LogP) is 12.4. The Hall–Kier alpha value is -6.36. The van der Waals surface area contributed by atoms with Gasteiger partial charge in [0.2, 0.25) is 0 Å². The summed E-state index contributed by atoms with van der Waals surface area (Å²) in [5, 5.41) is 6.88. The third-order valence-electron chi connectivity index (χ3n) is 10.3. The molecule has 276 valence electrons. The fourth-order valence-electron chi connectivity index (χ4n) is 8.08. The first-order chi connectivity index (χ1) is 27.0. The fourth-order valence-corrected chi connectivity index (χ4v) is 8.08. The van der Waals surface area contributed by atoms with Crippen molar-refractivity contribution in [3.05, 3.63) is 193 Å². The van der Waals surface area contributed by atoms with Crippen LogP contribution in [0.1, 0.15) is 16.7 Å². The van der Waals surface area contributed by atoms with E-state index >= 15 is 0 Å². The van der Waals surface area contributed by atoms with Crippen LogP contribution >= 0.6 is 0 Å². The van der Waals surface area contributed by atoms with Crippen LogP contribution < -0.4 is 14.5 Å². The van der Waals surface area contributed by atoms with Crippen molar-refractivity contribution in [2.24, 2.45) is 0 Å². The Morgan fingerprint density at radius 3 is 2.05 bits per heavy atom. The van der Waals surface area contributed by atoms with Crippen molar-refractivity contribution in [3.8, 4) is 34.0 Å². The molecule has 0 spiro atoms. The summed E-state index contributed by atoms with van der Waals surface area (Å²) in [5.74, 6) is 1.14. The number of nitrogens with zero attached hydrogens (tertiary/aromatic N) is 5. The van der Waals surface area contributed by atoms with Gasteiger partial charge in [-0.05, 0) is 84.4 Å². The van der Waals surface area contributed by atoms with E-state index < -0.39 is 0 Å². The van der Waals surface area contributed by atoms with Crippen LogP contribution in [-0.4, -0.2) is 14.3 Å². The zero-order valence-corrected chi connectivity index (χ0v) is 33.3. The van der Waals surface area contributed by atoms with E-state index in [2.05, 4.69) is 168 Å². The summed E-state index contributed by atoms with van der Waals surface area (Å²) in [6, 6.07) is 57.7. The van der Waals surface area contributed by atoms with E-state index in [1.165, 1.54) is 22.4 Å². The second-order valence-electron chi connectivity index (χ2n) is 14.1. The molecule has 2 aromatic heterocycles. The van der Waals surface area contributed by atoms with Crippen molar-refractivity contribution in [3.63, 3.8) is 0 Å². The normalized spacial score (nSPS) is 12.3. The SMILES string of the molecule is Cc1cc(C)c(N2[CH-]N(c3[c-]c(Oc4[c-]c(-n5cc(-c6ccccc6)cn5)ccc4)cc4c3c3ccccc3n4-c3ccccc3)c3ccccc32)c(C)c1.[Pt]. The van der Waals surface area contributed by atoms with E-state index in [4.69, 9.17) is 4.74 Å². The van der Waals surface area contributed by atoms with Crippen LogP contribution in [-0.2, 0) is 21.1 Å². The van der Waals surface area contributed by atoms with Crippen LogP contribution in [0.3, 0.4) is 0 Å². The number of anilines is 4. The van der Waals surface area contributed by atoms with Gasteiger partial charge in [0, 0.05) is 72.6 Å². The molecule has 56 heavy (non-hydrogen) atoms. The zero-order valence-electron chi connectivity index (χ0n) is 31.0. The number of aryl methyl sites for hydroxylation is 3. The van der Waals surface area contributed by atoms with Crippen molar-refractivity contribution >= 4 is 44.6 Å². The summed E-state index contributed by atoms with van der Waals surface area (Å²) in [6.45, 7) is 8.74. The third kappa shape index (κ3) is 6.07. The molecule has 6 nitrogen and oxygen atoms in total. The second-order valence-corrected chi connectivity index (χ2v) is 14.1. The molecule has 0 fully saturated rings. The van der Waals surface area contributed by atoms with Crippen LogP contribution in [0.2, 0.25) is 0 Å². The summed E-state index contributed by atoms with van der Waals surface area (Å²) in [7, 11) is 0. The molecule has 1 aliphatic heterocycles. The van der Waals surface area contributed by atoms with Crippen molar-refractivity contribution < 1.29 is 25.8 Å². The molecule has 9 aromatic rings. The quantitative estimate of drug-likeness (QED) is 0.149. The molecule has 7 heteroatoms. The molecule has 0 bridgehead atoms. The largest absolute Gasteiger partial charge is 0.509 e. The van der Waals surface area contributed by atoms with Gasteiger partial charge in [0.25, 0.3) is 0 Å². The maximum atomic E-state index is 6.76. The van der Waals surface area contributed by atoms with Crippen molar-refractivity contribution in [1.29, 1.82) is 0 Å². The molecule has 0 saturated carbocycles. The Balaban J connectivity index is 0.00000410. The Kier molecular flexibility index (Phi) is 9.07. The molecular weight excluding hydrogens is 870 g/mol. The Morgan fingerprint density at radius 2 is 1.29 bits per heavy atom. The number of fused-ring (bicyclic) bond motifs is 4. The minimum atomic E-state index is 0. The third-order valence-corrected chi connectivity index (χ3v) is 10.3. The number of aromatic nitrogens is 3. The van der Waals surface area contributed by atoms with E-state index in [1.54, 1.807) is 0 Å². The molecule has 1 aliphatic rings. The average molecular weight is 906 g/mol. The Bertz CT molecular complexity index is 2860. The molecular formula is C49H36N5OPt-3. The zero-order chi connectivity index (χ0) is 37.0. The molecule has 0 N–H and O–H groups in total. The molecule has 0 unspecified atom stereocenters. The number of benzene rings is 7. The molecule has 10 rings (SSSR count). The number of para-hydroxylation sites is 4. The molecule has 7 aromatic carbocycles. The number of hydrogen-bond acceptors (Lipinski definition) is 4. The molecule has 0 saturated heterocycles. The van der Waals surface area contributed by atoms with Gasteiger partial charge in [0.1, 0.15) is 0 Å². The van der Waals surface area contributed by atoms with Gasteiger partial charge in [-0.2, -0.15) is 11.2 Å². The van der Waals surface area contributed by atoms with Gasteiger partial charge in [-0.15, -0.1) is 37.0 Å².